The van der Waals surface area contributed by atoms with Crippen molar-refractivity contribution in [2.45, 2.75) is 19.4 Å². The van der Waals surface area contributed by atoms with E-state index >= 15 is 0 Å². The van der Waals surface area contributed by atoms with Crippen molar-refractivity contribution in [2.24, 2.45) is 0 Å². The molecule has 0 saturated heterocycles. The molecule has 2 rings (SSSR count). The van der Waals surface area contributed by atoms with Crippen LogP contribution in [-0.2, 0) is 4.79 Å². The van der Waals surface area contributed by atoms with Crippen LogP contribution in [0.25, 0.3) is 0 Å². The highest BCUT2D eigenvalue weighted by Crippen LogP contribution is 2.33. The Hall–Kier alpha value is -2.08. The van der Waals surface area contributed by atoms with Crippen LogP contribution >= 0.6 is 0 Å². The summed E-state index contributed by atoms with van der Waals surface area (Å²) >= 11 is 0. The summed E-state index contributed by atoms with van der Waals surface area (Å²) in [6.45, 7) is 1.91. The predicted octanol–water partition coefficient (Wildman–Crippen LogP) is 0.542. The number of carbonyl (C=O) groups excluding carboxylic acids is 2. The molecule has 6 nitrogen and oxygen atoms in total. The van der Waals surface area contributed by atoms with Gasteiger partial charge in [-0.25, -0.2) is 0 Å². The number of nitrogens with one attached hydrogen (secondary N) is 1. The van der Waals surface area contributed by atoms with Crippen molar-refractivity contribution in [2.75, 3.05) is 25.1 Å². The van der Waals surface area contributed by atoms with Crippen molar-refractivity contribution in [3.05, 3.63) is 23.8 Å². The summed E-state index contributed by atoms with van der Waals surface area (Å²) in [5, 5.41) is 11.3. The van der Waals surface area contributed by atoms with Gasteiger partial charge in [0.25, 0.3) is 5.91 Å². The number of nitrogens with zero attached hydrogens (tertiary/aromatic N) is 1. The number of fused-ring (bicyclic) bond motifs is 1. The summed E-state index contributed by atoms with van der Waals surface area (Å²) in [5.74, 6) is 0.244. The zero-order valence-corrected chi connectivity index (χ0v) is 11.5. The highest BCUT2D eigenvalue weighted by molar-refractivity contribution is 5.99. The summed E-state index contributed by atoms with van der Waals surface area (Å²) in [6, 6.07) is 4.95. The van der Waals surface area contributed by atoms with Gasteiger partial charge in [-0.3, -0.25) is 9.59 Å². The van der Waals surface area contributed by atoms with Crippen molar-refractivity contribution < 1.29 is 19.4 Å². The minimum absolute atomic E-state index is 0.0517. The highest BCUT2D eigenvalue weighted by atomic mass is 16.5. The Labute approximate surface area is 117 Å². The van der Waals surface area contributed by atoms with Crippen LogP contribution in [0.3, 0.4) is 0 Å². The summed E-state index contributed by atoms with van der Waals surface area (Å²) in [6.07, 6.45) is 0.109. The molecule has 1 aromatic rings. The molecular weight excluding hydrogens is 260 g/mol. The van der Waals surface area contributed by atoms with E-state index in [1.807, 2.05) is 6.92 Å². The van der Waals surface area contributed by atoms with Gasteiger partial charge >= 0.3 is 0 Å². The van der Waals surface area contributed by atoms with Crippen molar-refractivity contribution >= 4 is 17.5 Å². The second-order valence-electron chi connectivity index (χ2n) is 4.75. The third-order valence-electron chi connectivity index (χ3n) is 3.14. The molecule has 2 N–H and O–H groups in total. The zero-order valence-electron chi connectivity index (χ0n) is 11.5. The first-order valence-electron chi connectivity index (χ1n) is 6.49. The molecule has 108 valence electrons. The number of carbonyl (C=O) groups is 2. The number of ether oxygens (including phenoxy) is 1. The summed E-state index contributed by atoms with van der Waals surface area (Å²) in [5.41, 5.74) is 1.01. The summed E-state index contributed by atoms with van der Waals surface area (Å²) in [4.78, 5) is 25.3. The molecule has 0 aromatic heterocycles. The van der Waals surface area contributed by atoms with Crippen molar-refractivity contribution in [1.29, 1.82) is 0 Å². The maximum Gasteiger partial charge on any atom is 0.251 e. The fraction of sp³-hybridized carbons (Fsp3) is 0.429. The van der Waals surface area contributed by atoms with Crippen LogP contribution in [0.2, 0.25) is 0 Å². The van der Waals surface area contributed by atoms with E-state index < -0.39 is 0 Å². The molecule has 1 atom stereocenters. The third kappa shape index (κ3) is 2.91. The lowest BCUT2D eigenvalue weighted by molar-refractivity contribution is -0.119. The van der Waals surface area contributed by atoms with Crippen molar-refractivity contribution in [3.63, 3.8) is 0 Å². The van der Waals surface area contributed by atoms with E-state index in [4.69, 9.17) is 9.84 Å². The van der Waals surface area contributed by atoms with Crippen molar-refractivity contribution in [1.82, 2.24) is 5.32 Å². The molecule has 0 aliphatic carbocycles. The maximum atomic E-state index is 12.0. The zero-order chi connectivity index (χ0) is 14.7. The Morgan fingerprint density at radius 3 is 3.00 bits per heavy atom. The highest BCUT2D eigenvalue weighted by Gasteiger charge is 2.25. The molecular formula is C14H18N2O4. The van der Waals surface area contributed by atoms with Gasteiger partial charge < -0.3 is 20.1 Å². The SMILES string of the molecule is CC1CC(=O)N(C)c2cc(C(=O)NCCO)ccc2O1. The number of aliphatic hydroxyl groups excluding tert-OH is 1. The smallest absolute Gasteiger partial charge is 0.251 e. The largest absolute Gasteiger partial charge is 0.488 e. The number of hydrogen-bond acceptors (Lipinski definition) is 4. The van der Waals surface area contributed by atoms with E-state index in [2.05, 4.69) is 5.32 Å². The Balaban J connectivity index is 2.32. The molecule has 2 amide bonds. The molecule has 1 aromatic carbocycles. The number of hydrogen-bond donors (Lipinski definition) is 2. The van der Waals surface area contributed by atoms with Gasteiger partial charge in [-0.05, 0) is 25.1 Å². The standard InChI is InChI=1S/C14H18N2O4/c1-9-7-13(18)16(2)11-8-10(3-4-12(11)20-9)14(19)15-5-6-17/h3-4,8-9,17H,5-7H2,1-2H3,(H,15,19). The van der Waals surface area contributed by atoms with E-state index in [0.717, 1.165) is 0 Å². The number of anilines is 1. The molecule has 0 spiro atoms. The lowest BCUT2D eigenvalue weighted by atomic mass is 10.1. The van der Waals surface area contributed by atoms with Gasteiger partial charge in [0.05, 0.1) is 18.7 Å². The Morgan fingerprint density at radius 1 is 1.55 bits per heavy atom. The van der Waals surface area contributed by atoms with E-state index in [0.29, 0.717) is 23.4 Å². The average molecular weight is 278 g/mol. The fourth-order valence-electron chi connectivity index (χ4n) is 2.07. The molecule has 0 bridgehead atoms. The molecule has 0 radical (unpaired) electrons. The van der Waals surface area contributed by atoms with Gasteiger partial charge in [0, 0.05) is 19.2 Å². The Bertz CT molecular complexity index is 530. The van der Waals surface area contributed by atoms with E-state index in [-0.39, 0.29) is 31.1 Å². The topological polar surface area (TPSA) is 78.9 Å². The number of benzene rings is 1. The van der Waals surface area contributed by atoms with E-state index in [1.54, 1.807) is 25.2 Å². The van der Waals surface area contributed by atoms with Crippen LogP contribution in [0.4, 0.5) is 5.69 Å². The van der Waals surface area contributed by atoms with Crippen LogP contribution < -0.4 is 15.0 Å². The fourth-order valence-corrected chi connectivity index (χ4v) is 2.07. The van der Waals surface area contributed by atoms with Crippen LogP contribution in [0, 0.1) is 0 Å². The third-order valence-corrected chi connectivity index (χ3v) is 3.14. The predicted molar refractivity (Wildman–Crippen MR) is 74.0 cm³/mol. The van der Waals surface area contributed by atoms with Gasteiger partial charge in [-0.2, -0.15) is 0 Å². The maximum absolute atomic E-state index is 12.0. The average Bonchev–Trinajstić information content (AvgIpc) is 2.53. The van der Waals surface area contributed by atoms with Gasteiger partial charge in [-0.1, -0.05) is 0 Å². The molecule has 0 fully saturated rings. The number of amides is 2. The molecule has 0 saturated carbocycles. The van der Waals surface area contributed by atoms with Crippen LogP contribution in [0.5, 0.6) is 5.75 Å². The number of rotatable bonds is 3. The molecule has 20 heavy (non-hydrogen) atoms. The molecule has 1 aliphatic rings. The van der Waals surface area contributed by atoms with E-state index in [9.17, 15) is 9.59 Å². The normalized spacial score (nSPS) is 18.1. The van der Waals surface area contributed by atoms with Gasteiger partial charge in [-0.15, -0.1) is 0 Å². The molecule has 1 heterocycles. The first-order valence-corrected chi connectivity index (χ1v) is 6.49. The lowest BCUT2D eigenvalue weighted by Gasteiger charge is -2.17. The second-order valence-corrected chi connectivity index (χ2v) is 4.75. The van der Waals surface area contributed by atoms with Crippen molar-refractivity contribution in [3.8, 4) is 5.75 Å². The monoisotopic (exact) mass is 278 g/mol. The lowest BCUT2D eigenvalue weighted by Crippen LogP contribution is -2.28. The molecule has 6 heteroatoms. The minimum atomic E-state index is -0.292. The molecule has 1 aliphatic heterocycles. The minimum Gasteiger partial charge on any atom is -0.488 e. The first kappa shape index (κ1) is 14.3. The van der Waals surface area contributed by atoms with Gasteiger partial charge in [0.15, 0.2) is 0 Å². The van der Waals surface area contributed by atoms with Crippen LogP contribution in [0.15, 0.2) is 18.2 Å². The van der Waals surface area contributed by atoms with Crippen LogP contribution in [-0.4, -0.2) is 43.2 Å². The Kier molecular flexibility index (Phi) is 4.24. The first-order chi connectivity index (χ1) is 9.52. The summed E-state index contributed by atoms with van der Waals surface area (Å²) < 4.78 is 5.68. The van der Waals surface area contributed by atoms with Gasteiger partial charge in [0.2, 0.25) is 5.91 Å². The quantitative estimate of drug-likeness (QED) is 0.846. The summed E-state index contributed by atoms with van der Waals surface area (Å²) in [7, 11) is 1.66. The Morgan fingerprint density at radius 2 is 2.30 bits per heavy atom. The van der Waals surface area contributed by atoms with E-state index in [1.165, 1.54) is 4.90 Å². The van der Waals surface area contributed by atoms with Crippen LogP contribution in [0.1, 0.15) is 23.7 Å². The molecule has 1 unspecified atom stereocenters. The number of aliphatic hydroxyl groups is 1. The van der Waals surface area contributed by atoms with Gasteiger partial charge in [0.1, 0.15) is 11.9 Å². The second kappa shape index (κ2) is 5.92.